The van der Waals surface area contributed by atoms with Gasteiger partial charge >= 0.3 is 0 Å². The van der Waals surface area contributed by atoms with Crippen molar-refractivity contribution in [1.29, 1.82) is 0 Å². The molecule has 0 aliphatic carbocycles. The molecule has 25 heavy (non-hydrogen) atoms. The van der Waals surface area contributed by atoms with Gasteiger partial charge in [0.15, 0.2) is 0 Å². The van der Waals surface area contributed by atoms with Gasteiger partial charge in [-0.25, -0.2) is 5.84 Å². The molecule has 0 bridgehead atoms. The molecule has 138 valence electrons. The molecule has 1 aromatic carbocycles. The maximum Gasteiger partial charge on any atom is 0.253 e. The predicted molar refractivity (Wildman–Crippen MR) is 97.0 cm³/mol. The normalized spacial score (nSPS) is 15.0. The van der Waals surface area contributed by atoms with Crippen LogP contribution in [0.3, 0.4) is 0 Å². The van der Waals surface area contributed by atoms with Gasteiger partial charge in [-0.05, 0) is 43.5 Å². The van der Waals surface area contributed by atoms with E-state index in [9.17, 15) is 9.59 Å². The SMILES string of the molecule is CCCCCCOc1ccc(C(=O)N2CCC(C(=O)NN)CC2)cc1. The van der Waals surface area contributed by atoms with E-state index in [2.05, 4.69) is 12.3 Å². The first-order valence-electron chi connectivity index (χ1n) is 9.18. The molecule has 2 rings (SSSR count). The number of amides is 2. The highest BCUT2D eigenvalue weighted by Gasteiger charge is 2.27. The minimum absolute atomic E-state index is 0.00102. The number of hydrazine groups is 1. The Hall–Kier alpha value is -2.08. The van der Waals surface area contributed by atoms with Gasteiger partial charge in [-0.15, -0.1) is 0 Å². The highest BCUT2D eigenvalue weighted by atomic mass is 16.5. The van der Waals surface area contributed by atoms with E-state index in [1.807, 2.05) is 24.3 Å². The number of benzene rings is 1. The zero-order chi connectivity index (χ0) is 18.1. The highest BCUT2D eigenvalue weighted by Crippen LogP contribution is 2.20. The number of unbranched alkanes of at least 4 members (excludes halogenated alkanes) is 3. The predicted octanol–water partition coefficient (Wildman–Crippen LogP) is 2.49. The Bertz CT molecular complexity index is 552. The molecule has 1 saturated heterocycles. The number of nitrogens with two attached hydrogens (primary N) is 1. The average molecular weight is 347 g/mol. The van der Waals surface area contributed by atoms with Crippen molar-refractivity contribution in [3.05, 3.63) is 29.8 Å². The van der Waals surface area contributed by atoms with E-state index in [4.69, 9.17) is 10.6 Å². The summed E-state index contributed by atoms with van der Waals surface area (Å²) in [5.41, 5.74) is 2.84. The second-order valence-corrected chi connectivity index (χ2v) is 6.51. The summed E-state index contributed by atoms with van der Waals surface area (Å²) in [4.78, 5) is 25.9. The number of ether oxygens (including phenoxy) is 1. The van der Waals surface area contributed by atoms with E-state index in [1.54, 1.807) is 4.90 Å². The summed E-state index contributed by atoms with van der Waals surface area (Å²) in [6, 6.07) is 7.31. The molecule has 6 nitrogen and oxygen atoms in total. The molecular weight excluding hydrogens is 318 g/mol. The topological polar surface area (TPSA) is 84.7 Å². The number of rotatable bonds is 8. The molecule has 1 aliphatic heterocycles. The van der Waals surface area contributed by atoms with Crippen molar-refractivity contribution in [2.24, 2.45) is 11.8 Å². The number of carbonyl (C=O) groups excluding carboxylic acids is 2. The van der Waals surface area contributed by atoms with Crippen LogP contribution in [-0.4, -0.2) is 36.4 Å². The maximum atomic E-state index is 12.5. The zero-order valence-electron chi connectivity index (χ0n) is 15.0. The molecular formula is C19H29N3O3. The summed E-state index contributed by atoms with van der Waals surface area (Å²) in [5.74, 6) is 5.72. The molecule has 0 atom stereocenters. The van der Waals surface area contributed by atoms with E-state index in [0.717, 1.165) is 12.2 Å². The van der Waals surface area contributed by atoms with Crippen molar-refractivity contribution in [3.63, 3.8) is 0 Å². The minimum Gasteiger partial charge on any atom is -0.494 e. The second kappa shape index (κ2) is 10.0. The molecule has 2 amide bonds. The van der Waals surface area contributed by atoms with Gasteiger partial charge in [-0.1, -0.05) is 26.2 Å². The summed E-state index contributed by atoms with van der Waals surface area (Å²) < 4.78 is 5.70. The number of piperidine rings is 1. The van der Waals surface area contributed by atoms with Gasteiger partial charge in [0.05, 0.1) is 6.61 Å². The van der Waals surface area contributed by atoms with Crippen molar-refractivity contribution < 1.29 is 14.3 Å². The van der Waals surface area contributed by atoms with E-state index in [-0.39, 0.29) is 17.7 Å². The fourth-order valence-corrected chi connectivity index (χ4v) is 3.06. The third-order valence-electron chi connectivity index (χ3n) is 4.66. The summed E-state index contributed by atoms with van der Waals surface area (Å²) >= 11 is 0. The van der Waals surface area contributed by atoms with Crippen molar-refractivity contribution in [2.75, 3.05) is 19.7 Å². The molecule has 0 aromatic heterocycles. The van der Waals surface area contributed by atoms with Gasteiger partial charge < -0.3 is 9.64 Å². The van der Waals surface area contributed by atoms with Crippen LogP contribution in [0.1, 0.15) is 55.8 Å². The Balaban J connectivity index is 1.79. The first-order valence-corrected chi connectivity index (χ1v) is 9.18. The van der Waals surface area contributed by atoms with Gasteiger partial charge in [0.25, 0.3) is 5.91 Å². The lowest BCUT2D eigenvalue weighted by Gasteiger charge is -2.31. The van der Waals surface area contributed by atoms with Crippen LogP contribution in [0.25, 0.3) is 0 Å². The van der Waals surface area contributed by atoms with Crippen LogP contribution in [0, 0.1) is 5.92 Å². The number of hydrogen-bond donors (Lipinski definition) is 2. The summed E-state index contributed by atoms with van der Waals surface area (Å²) in [5, 5.41) is 0. The lowest BCUT2D eigenvalue weighted by atomic mass is 9.95. The number of nitrogens with one attached hydrogen (secondary N) is 1. The number of carbonyl (C=O) groups is 2. The number of likely N-dealkylation sites (tertiary alicyclic amines) is 1. The third kappa shape index (κ3) is 5.74. The summed E-state index contributed by atoms with van der Waals surface area (Å²) in [7, 11) is 0. The third-order valence-corrected chi connectivity index (χ3v) is 4.66. The lowest BCUT2D eigenvalue weighted by molar-refractivity contribution is -0.126. The van der Waals surface area contributed by atoms with E-state index in [0.29, 0.717) is 38.1 Å². The molecule has 1 fully saturated rings. The van der Waals surface area contributed by atoms with Crippen LogP contribution in [0.5, 0.6) is 5.75 Å². The largest absolute Gasteiger partial charge is 0.494 e. The van der Waals surface area contributed by atoms with Gasteiger partial charge in [-0.3, -0.25) is 15.0 Å². The molecule has 6 heteroatoms. The fourth-order valence-electron chi connectivity index (χ4n) is 3.06. The Morgan fingerprint density at radius 3 is 2.44 bits per heavy atom. The Kier molecular flexibility index (Phi) is 7.73. The Morgan fingerprint density at radius 1 is 1.16 bits per heavy atom. The van der Waals surface area contributed by atoms with Crippen molar-refractivity contribution in [3.8, 4) is 5.75 Å². The average Bonchev–Trinajstić information content (AvgIpc) is 2.67. The van der Waals surface area contributed by atoms with Crippen LogP contribution >= 0.6 is 0 Å². The maximum absolute atomic E-state index is 12.5. The number of nitrogens with zero attached hydrogens (tertiary/aromatic N) is 1. The van der Waals surface area contributed by atoms with E-state index < -0.39 is 0 Å². The van der Waals surface area contributed by atoms with Gasteiger partial charge in [-0.2, -0.15) is 0 Å². The van der Waals surface area contributed by atoms with Gasteiger partial charge in [0.1, 0.15) is 5.75 Å². The number of hydrogen-bond acceptors (Lipinski definition) is 4. The monoisotopic (exact) mass is 347 g/mol. The van der Waals surface area contributed by atoms with Crippen LogP contribution in [0.15, 0.2) is 24.3 Å². The van der Waals surface area contributed by atoms with Crippen molar-refractivity contribution in [2.45, 2.75) is 45.4 Å². The quantitative estimate of drug-likeness (QED) is 0.327. The molecule has 3 N–H and O–H groups in total. The molecule has 0 saturated carbocycles. The Labute approximate surface area is 149 Å². The van der Waals surface area contributed by atoms with E-state index in [1.165, 1.54) is 19.3 Å². The molecule has 0 spiro atoms. The lowest BCUT2D eigenvalue weighted by Crippen LogP contribution is -2.44. The second-order valence-electron chi connectivity index (χ2n) is 6.51. The van der Waals surface area contributed by atoms with Gasteiger partial charge in [0, 0.05) is 24.6 Å². The molecule has 0 radical (unpaired) electrons. The molecule has 1 aromatic rings. The molecule has 1 aliphatic rings. The zero-order valence-corrected chi connectivity index (χ0v) is 15.0. The summed E-state index contributed by atoms with van der Waals surface area (Å²) in [6.07, 6.45) is 5.98. The van der Waals surface area contributed by atoms with Crippen molar-refractivity contribution in [1.82, 2.24) is 10.3 Å². The van der Waals surface area contributed by atoms with Gasteiger partial charge in [0.2, 0.25) is 5.91 Å². The highest BCUT2D eigenvalue weighted by molar-refractivity contribution is 5.94. The first-order chi connectivity index (χ1) is 12.2. The molecule has 0 unspecified atom stereocenters. The first kappa shape index (κ1) is 19.2. The van der Waals surface area contributed by atoms with Crippen molar-refractivity contribution >= 4 is 11.8 Å². The smallest absolute Gasteiger partial charge is 0.253 e. The standard InChI is InChI=1S/C19H29N3O3/c1-2-3-4-5-14-25-17-8-6-16(7-9-17)19(24)22-12-10-15(11-13-22)18(23)21-20/h6-9,15H,2-5,10-14,20H2,1H3,(H,21,23). The van der Waals surface area contributed by atoms with Crippen LogP contribution in [0.4, 0.5) is 0 Å². The van der Waals surface area contributed by atoms with Crippen LogP contribution in [0.2, 0.25) is 0 Å². The van der Waals surface area contributed by atoms with Crippen LogP contribution in [-0.2, 0) is 4.79 Å². The molecule has 1 heterocycles. The van der Waals surface area contributed by atoms with Crippen LogP contribution < -0.4 is 16.0 Å². The summed E-state index contributed by atoms with van der Waals surface area (Å²) in [6.45, 7) is 4.05. The fraction of sp³-hybridized carbons (Fsp3) is 0.579. The minimum atomic E-state index is -0.146. The van der Waals surface area contributed by atoms with E-state index >= 15 is 0 Å². The Morgan fingerprint density at radius 2 is 1.84 bits per heavy atom.